The lowest BCUT2D eigenvalue weighted by Gasteiger charge is -2.11. The predicted molar refractivity (Wildman–Crippen MR) is 83.2 cm³/mol. The summed E-state index contributed by atoms with van der Waals surface area (Å²) in [7, 11) is 0. The predicted octanol–water partition coefficient (Wildman–Crippen LogP) is 3.57. The third-order valence-corrected chi connectivity index (χ3v) is 3.05. The van der Waals surface area contributed by atoms with E-state index in [2.05, 4.69) is 5.32 Å². The summed E-state index contributed by atoms with van der Waals surface area (Å²) in [5, 5.41) is 12.3. The molecule has 4 nitrogen and oxygen atoms in total. The maximum absolute atomic E-state index is 11.2. The van der Waals surface area contributed by atoms with Crippen LogP contribution in [0.4, 0.5) is 5.69 Å². The van der Waals surface area contributed by atoms with Gasteiger partial charge >= 0.3 is 5.97 Å². The van der Waals surface area contributed by atoms with E-state index >= 15 is 0 Å². The molecule has 0 saturated carbocycles. The van der Waals surface area contributed by atoms with E-state index in [0.29, 0.717) is 24.4 Å². The number of benzene rings is 2. The minimum Gasteiger partial charge on any atom is -0.494 e. The van der Waals surface area contributed by atoms with Gasteiger partial charge in [0.05, 0.1) is 12.2 Å². The highest BCUT2D eigenvalue weighted by Gasteiger charge is 2.09. The molecule has 0 aromatic heterocycles. The van der Waals surface area contributed by atoms with Crippen molar-refractivity contribution in [1.82, 2.24) is 0 Å². The Morgan fingerprint density at radius 3 is 2.67 bits per heavy atom. The molecule has 0 spiro atoms. The minimum atomic E-state index is -0.915. The van der Waals surface area contributed by atoms with Gasteiger partial charge in [0.15, 0.2) is 0 Å². The van der Waals surface area contributed by atoms with Crippen LogP contribution in [0.2, 0.25) is 0 Å². The van der Waals surface area contributed by atoms with Gasteiger partial charge in [0.2, 0.25) is 0 Å². The summed E-state index contributed by atoms with van der Waals surface area (Å²) in [4.78, 5) is 11.2. The van der Waals surface area contributed by atoms with E-state index < -0.39 is 5.97 Å². The first-order valence-electron chi connectivity index (χ1n) is 6.92. The van der Waals surface area contributed by atoms with Gasteiger partial charge in [-0.15, -0.1) is 0 Å². The molecule has 2 N–H and O–H groups in total. The monoisotopic (exact) mass is 285 g/mol. The second-order valence-corrected chi connectivity index (χ2v) is 4.80. The Hall–Kier alpha value is -2.49. The molecular weight excluding hydrogens is 266 g/mol. The van der Waals surface area contributed by atoms with E-state index in [1.807, 2.05) is 43.3 Å². The molecule has 4 heteroatoms. The van der Waals surface area contributed by atoms with Gasteiger partial charge < -0.3 is 15.2 Å². The molecule has 0 saturated heterocycles. The van der Waals surface area contributed by atoms with Crippen LogP contribution in [0.3, 0.4) is 0 Å². The van der Waals surface area contributed by atoms with Crippen molar-refractivity contribution < 1.29 is 14.6 Å². The third kappa shape index (κ3) is 4.53. The zero-order valence-corrected chi connectivity index (χ0v) is 12.0. The summed E-state index contributed by atoms with van der Waals surface area (Å²) in [6.07, 6.45) is 0.793. The highest BCUT2D eigenvalue weighted by atomic mass is 16.5. The number of nitrogens with one attached hydrogen (secondary N) is 1. The highest BCUT2D eigenvalue weighted by molar-refractivity contribution is 5.94. The van der Waals surface area contributed by atoms with Gasteiger partial charge in [-0.05, 0) is 37.6 Å². The van der Waals surface area contributed by atoms with Crippen molar-refractivity contribution in [1.29, 1.82) is 0 Å². The third-order valence-electron chi connectivity index (χ3n) is 3.05. The first-order valence-corrected chi connectivity index (χ1v) is 6.92. The van der Waals surface area contributed by atoms with Crippen molar-refractivity contribution >= 4 is 11.7 Å². The highest BCUT2D eigenvalue weighted by Crippen LogP contribution is 2.17. The second kappa shape index (κ2) is 7.33. The standard InChI is InChI=1S/C17H19NO3/c1-13-8-9-16(15(12-13)17(19)20)18-10-5-11-21-14-6-3-2-4-7-14/h2-4,6-9,12,18H,5,10-11H2,1H3,(H,19,20). The van der Waals surface area contributed by atoms with Crippen LogP contribution >= 0.6 is 0 Å². The number of carbonyl (C=O) groups is 1. The van der Waals surface area contributed by atoms with Gasteiger partial charge in [-0.3, -0.25) is 0 Å². The minimum absolute atomic E-state index is 0.305. The number of hydrogen-bond acceptors (Lipinski definition) is 3. The number of hydrogen-bond donors (Lipinski definition) is 2. The van der Waals surface area contributed by atoms with Crippen LogP contribution in [0.1, 0.15) is 22.3 Å². The van der Waals surface area contributed by atoms with Gasteiger partial charge in [-0.25, -0.2) is 4.79 Å². The van der Waals surface area contributed by atoms with Crippen LogP contribution < -0.4 is 10.1 Å². The average Bonchev–Trinajstić information content (AvgIpc) is 2.49. The lowest BCUT2D eigenvalue weighted by Crippen LogP contribution is -2.10. The Morgan fingerprint density at radius 2 is 1.95 bits per heavy atom. The molecule has 0 fully saturated rings. The number of para-hydroxylation sites is 1. The summed E-state index contributed by atoms with van der Waals surface area (Å²) >= 11 is 0. The fourth-order valence-corrected chi connectivity index (χ4v) is 1.99. The summed E-state index contributed by atoms with van der Waals surface area (Å²) in [6, 6.07) is 15.0. The molecular formula is C17H19NO3. The van der Waals surface area contributed by atoms with Gasteiger partial charge in [0.25, 0.3) is 0 Å². The van der Waals surface area contributed by atoms with E-state index in [9.17, 15) is 9.90 Å². The molecule has 0 aliphatic heterocycles. The van der Waals surface area contributed by atoms with Crippen molar-refractivity contribution in [3.8, 4) is 5.75 Å². The van der Waals surface area contributed by atoms with Crippen LogP contribution in [0.25, 0.3) is 0 Å². The van der Waals surface area contributed by atoms with E-state index in [-0.39, 0.29) is 0 Å². The molecule has 0 bridgehead atoms. The molecule has 2 rings (SSSR count). The van der Waals surface area contributed by atoms with Crippen molar-refractivity contribution in [2.75, 3.05) is 18.5 Å². The SMILES string of the molecule is Cc1ccc(NCCCOc2ccccc2)c(C(=O)O)c1. The number of carboxylic acids is 1. The summed E-state index contributed by atoms with van der Waals surface area (Å²) in [5.41, 5.74) is 1.89. The fraction of sp³-hybridized carbons (Fsp3) is 0.235. The molecule has 0 atom stereocenters. The number of carboxylic acid groups (broad SMARTS) is 1. The van der Waals surface area contributed by atoms with E-state index in [0.717, 1.165) is 17.7 Å². The summed E-state index contributed by atoms with van der Waals surface area (Å²) in [5.74, 6) is -0.0687. The Kier molecular flexibility index (Phi) is 5.21. The van der Waals surface area contributed by atoms with Gasteiger partial charge in [-0.1, -0.05) is 29.8 Å². The first kappa shape index (κ1) is 14.9. The molecule has 0 amide bonds. The molecule has 110 valence electrons. The molecule has 0 aliphatic carbocycles. The largest absolute Gasteiger partial charge is 0.494 e. The zero-order valence-electron chi connectivity index (χ0n) is 12.0. The van der Waals surface area contributed by atoms with Crippen molar-refractivity contribution in [2.45, 2.75) is 13.3 Å². The number of aryl methyl sites for hydroxylation is 1. The van der Waals surface area contributed by atoms with Gasteiger partial charge in [0, 0.05) is 12.2 Å². The van der Waals surface area contributed by atoms with Gasteiger partial charge in [-0.2, -0.15) is 0 Å². The van der Waals surface area contributed by atoms with Crippen LogP contribution in [0, 0.1) is 6.92 Å². The maximum Gasteiger partial charge on any atom is 0.337 e. The number of ether oxygens (including phenoxy) is 1. The Balaban J connectivity index is 1.80. The normalized spacial score (nSPS) is 10.1. The molecule has 2 aromatic rings. The van der Waals surface area contributed by atoms with E-state index in [1.165, 1.54) is 0 Å². The maximum atomic E-state index is 11.2. The van der Waals surface area contributed by atoms with Crippen LogP contribution in [-0.4, -0.2) is 24.2 Å². The van der Waals surface area contributed by atoms with Gasteiger partial charge in [0.1, 0.15) is 5.75 Å². The molecule has 21 heavy (non-hydrogen) atoms. The zero-order chi connectivity index (χ0) is 15.1. The summed E-state index contributed by atoms with van der Waals surface area (Å²) < 4.78 is 5.58. The number of aromatic carboxylic acids is 1. The smallest absolute Gasteiger partial charge is 0.337 e. The van der Waals surface area contributed by atoms with Crippen LogP contribution in [0.15, 0.2) is 48.5 Å². The average molecular weight is 285 g/mol. The molecule has 0 aliphatic rings. The van der Waals surface area contributed by atoms with Crippen LogP contribution in [-0.2, 0) is 0 Å². The lowest BCUT2D eigenvalue weighted by molar-refractivity contribution is 0.0698. The van der Waals surface area contributed by atoms with Crippen molar-refractivity contribution in [2.24, 2.45) is 0 Å². The van der Waals surface area contributed by atoms with E-state index in [1.54, 1.807) is 12.1 Å². The molecule has 0 radical (unpaired) electrons. The second-order valence-electron chi connectivity index (χ2n) is 4.80. The van der Waals surface area contributed by atoms with Crippen molar-refractivity contribution in [3.05, 3.63) is 59.7 Å². The Labute approximate surface area is 124 Å². The summed E-state index contributed by atoms with van der Waals surface area (Å²) in [6.45, 7) is 3.13. The topological polar surface area (TPSA) is 58.6 Å². The fourth-order valence-electron chi connectivity index (χ4n) is 1.99. The molecule has 2 aromatic carbocycles. The lowest BCUT2D eigenvalue weighted by atomic mass is 10.1. The number of anilines is 1. The van der Waals surface area contributed by atoms with Crippen molar-refractivity contribution in [3.63, 3.8) is 0 Å². The number of rotatable bonds is 7. The Bertz CT molecular complexity index is 596. The first-order chi connectivity index (χ1) is 10.2. The molecule has 0 heterocycles. The van der Waals surface area contributed by atoms with E-state index in [4.69, 9.17) is 4.74 Å². The quantitative estimate of drug-likeness (QED) is 0.763. The Morgan fingerprint density at radius 1 is 1.19 bits per heavy atom. The molecule has 0 unspecified atom stereocenters. The van der Waals surface area contributed by atoms with Crippen LogP contribution in [0.5, 0.6) is 5.75 Å².